The van der Waals surface area contributed by atoms with Gasteiger partial charge in [0.25, 0.3) is 0 Å². The van der Waals surface area contributed by atoms with Crippen LogP contribution in [0.5, 0.6) is 0 Å². The maximum Gasteiger partial charge on any atom is 0.416 e. The highest BCUT2D eigenvalue weighted by molar-refractivity contribution is 5.99. The molecule has 0 bridgehead atoms. The number of halogens is 3. The Hall–Kier alpha value is -2.25. The third-order valence-electron chi connectivity index (χ3n) is 4.03. The minimum absolute atomic E-state index is 0.0793. The third kappa shape index (κ3) is 3.80. The zero-order chi connectivity index (χ0) is 18.1. The maximum absolute atomic E-state index is 12.9. The van der Waals surface area contributed by atoms with Gasteiger partial charge >= 0.3 is 6.18 Å². The molecule has 2 rings (SSSR count). The van der Waals surface area contributed by atoms with E-state index in [0.717, 1.165) is 12.1 Å². The van der Waals surface area contributed by atoms with Crippen LogP contribution in [0.2, 0.25) is 0 Å². The summed E-state index contributed by atoms with van der Waals surface area (Å²) >= 11 is 0. The van der Waals surface area contributed by atoms with Crippen molar-refractivity contribution in [2.75, 3.05) is 37.4 Å². The van der Waals surface area contributed by atoms with E-state index in [1.165, 1.54) is 6.07 Å². The second-order valence-electron chi connectivity index (χ2n) is 5.95. The summed E-state index contributed by atoms with van der Waals surface area (Å²) in [7, 11) is 3.35. The molecule has 0 spiro atoms. The summed E-state index contributed by atoms with van der Waals surface area (Å²) in [4.78, 5) is 27.3. The van der Waals surface area contributed by atoms with Crippen molar-refractivity contribution < 1.29 is 22.8 Å². The van der Waals surface area contributed by atoms with Gasteiger partial charge in [-0.25, -0.2) is 0 Å². The maximum atomic E-state index is 12.9. The average Bonchev–Trinajstić information content (AvgIpc) is 2.87. The Labute approximate surface area is 138 Å². The first-order chi connectivity index (χ1) is 11.1. The first-order valence-corrected chi connectivity index (χ1v) is 7.60. The van der Waals surface area contributed by atoms with Gasteiger partial charge in [-0.15, -0.1) is 0 Å². The van der Waals surface area contributed by atoms with Crippen LogP contribution in [0.3, 0.4) is 0 Å². The molecule has 1 aliphatic heterocycles. The molecule has 0 saturated carbocycles. The highest BCUT2D eigenvalue weighted by Gasteiger charge is 2.35. The third-order valence-corrected chi connectivity index (χ3v) is 4.03. The van der Waals surface area contributed by atoms with Gasteiger partial charge in [-0.3, -0.25) is 9.59 Å². The van der Waals surface area contributed by atoms with Crippen molar-refractivity contribution in [1.29, 1.82) is 0 Å². The fourth-order valence-electron chi connectivity index (χ4n) is 2.69. The minimum atomic E-state index is -4.49. The largest absolute Gasteiger partial charge is 0.416 e. The number of likely N-dealkylation sites (tertiary alicyclic amines) is 1. The van der Waals surface area contributed by atoms with Crippen molar-refractivity contribution in [3.8, 4) is 0 Å². The number of nitrogens with one attached hydrogen (secondary N) is 1. The van der Waals surface area contributed by atoms with E-state index < -0.39 is 23.6 Å². The molecule has 2 amide bonds. The first kappa shape index (κ1) is 18.1. The molecule has 1 aliphatic rings. The molecule has 24 heavy (non-hydrogen) atoms. The number of amides is 2. The van der Waals surface area contributed by atoms with E-state index in [9.17, 15) is 22.8 Å². The number of hydrogen-bond acceptors (Lipinski definition) is 3. The summed E-state index contributed by atoms with van der Waals surface area (Å²) in [5.74, 6) is -1.11. The second kappa shape index (κ2) is 6.70. The van der Waals surface area contributed by atoms with Gasteiger partial charge in [-0.2, -0.15) is 13.2 Å². The van der Waals surface area contributed by atoms with Crippen molar-refractivity contribution in [3.05, 3.63) is 23.8 Å². The van der Waals surface area contributed by atoms with Gasteiger partial charge in [0.1, 0.15) is 0 Å². The van der Waals surface area contributed by atoms with Crippen molar-refractivity contribution in [3.63, 3.8) is 0 Å². The Kier molecular flexibility index (Phi) is 5.05. The van der Waals surface area contributed by atoms with Gasteiger partial charge < -0.3 is 15.1 Å². The lowest BCUT2D eigenvalue weighted by Gasteiger charge is -2.21. The van der Waals surface area contributed by atoms with Crippen LogP contribution in [0.1, 0.15) is 18.9 Å². The van der Waals surface area contributed by atoms with Gasteiger partial charge in [0.05, 0.1) is 22.9 Å². The summed E-state index contributed by atoms with van der Waals surface area (Å²) in [6, 6.07) is 3.21. The minimum Gasteiger partial charge on any atom is -0.376 e. The van der Waals surface area contributed by atoms with Crippen molar-refractivity contribution in [2.24, 2.45) is 5.92 Å². The lowest BCUT2D eigenvalue weighted by Crippen LogP contribution is -2.28. The summed E-state index contributed by atoms with van der Waals surface area (Å²) in [5.41, 5.74) is -0.281. The highest BCUT2D eigenvalue weighted by Crippen LogP contribution is 2.35. The number of carbonyl (C=O) groups is 2. The van der Waals surface area contributed by atoms with Gasteiger partial charge in [-0.1, -0.05) is 0 Å². The molecule has 0 aliphatic carbocycles. The average molecular weight is 343 g/mol. The van der Waals surface area contributed by atoms with Crippen molar-refractivity contribution in [1.82, 2.24) is 4.90 Å². The quantitative estimate of drug-likeness (QED) is 0.914. The summed E-state index contributed by atoms with van der Waals surface area (Å²) in [5, 5.41) is 2.55. The van der Waals surface area contributed by atoms with E-state index in [4.69, 9.17) is 0 Å². The molecule has 1 N–H and O–H groups in total. The molecular weight excluding hydrogens is 323 g/mol. The van der Waals surface area contributed by atoms with Gasteiger partial charge in [0.15, 0.2) is 0 Å². The number of hydrogen-bond donors (Lipinski definition) is 1. The van der Waals surface area contributed by atoms with Crippen LogP contribution in [0.25, 0.3) is 0 Å². The Morgan fingerprint density at radius 3 is 2.54 bits per heavy atom. The van der Waals surface area contributed by atoms with Crippen LogP contribution in [0.4, 0.5) is 24.5 Å². The zero-order valence-electron chi connectivity index (χ0n) is 13.8. The Balaban J connectivity index is 2.24. The number of nitrogens with zero attached hydrogens (tertiary/aromatic N) is 2. The molecule has 0 radical (unpaired) electrons. The van der Waals surface area contributed by atoms with Crippen LogP contribution in [0, 0.1) is 5.92 Å². The molecule has 0 aromatic heterocycles. The molecule has 8 heteroatoms. The molecule has 132 valence electrons. The molecule has 1 saturated heterocycles. The van der Waals surface area contributed by atoms with Crippen LogP contribution in [-0.4, -0.2) is 43.9 Å². The summed E-state index contributed by atoms with van der Waals surface area (Å²) in [6.45, 7) is 2.61. The standard InChI is InChI=1S/C16H20F3N3O2/c1-4-22-9-10(7-14(22)23)15(24)20-12-8-11(16(17,18)19)5-6-13(12)21(2)3/h5-6,8,10H,4,7,9H2,1-3H3,(H,20,24). The number of rotatable bonds is 4. The normalized spacial score (nSPS) is 18.0. The second-order valence-corrected chi connectivity index (χ2v) is 5.95. The van der Waals surface area contributed by atoms with Crippen LogP contribution < -0.4 is 10.2 Å². The lowest BCUT2D eigenvalue weighted by atomic mass is 10.1. The van der Waals surface area contributed by atoms with E-state index in [-0.39, 0.29) is 24.6 Å². The summed E-state index contributed by atoms with van der Waals surface area (Å²) < 4.78 is 38.7. The lowest BCUT2D eigenvalue weighted by molar-refractivity contribution is -0.137. The van der Waals surface area contributed by atoms with E-state index >= 15 is 0 Å². The monoisotopic (exact) mass is 343 g/mol. The fraction of sp³-hybridized carbons (Fsp3) is 0.500. The van der Waals surface area contributed by atoms with Crippen LogP contribution in [0.15, 0.2) is 18.2 Å². The van der Waals surface area contributed by atoms with E-state index in [1.54, 1.807) is 23.9 Å². The van der Waals surface area contributed by atoms with Crippen LogP contribution in [-0.2, 0) is 15.8 Å². The topological polar surface area (TPSA) is 52.7 Å². The Morgan fingerprint density at radius 1 is 1.38 bits per heavy atom. The highest BCUT2D eigenvalue weighted by atomic mass is 19.4. The molecule has 5 nitrogen and oxygen atoms in total. The zero-order valence-corrected chi connectivity index (χ0v) is 13.8. The predicted molar refractivity (Wildman–Crippen MR) is 84.8 cm³/mol. The first-order valence-electron chi connectivity index (χ1n) is 7.60. The molecule has 1 heterocycles. The van der Waals surface area contributed by atoms with Crippen molar-refractivity contribution >= 4 is 23.2 Å². The fourth-order valence-corrected chi connectivity index (χ4v) is 2.69. The number of carbonyl (C=O) groups excluding carboxylic acids is 2. The van der Waals surface area contributed by atoms with E-state index in [0.29, 0.717) is 12.2 Å². The molecule has 1 unspecified atom stereocenters. The molecule has 1 aromatic carbocycles. The van der Waals surface area contributed by atoms with Gasteiger partial charge in [0.2, 0.25) is 11.8 Å². The Bertz CT molecular complexity index is 644. The SMILES string of the molecule is CCN1CC(C(=O)Nc2cc(C(F)(F)F)ccc2N(C)C)CC1=O. The van der Waals surface area contributed by atoms with E-state index in [1.807, 2.05) is 6.92 Å². The molecule has 1 fully saturated rings. The van der Waals surface area contributed by atoms with Gasteiger partial charge in [0, 0.05) is 33.6 Å². The van der Waals surface area contributed by atoms with E-state index in [2.05, 4.69) is 5.32 Å². The number of anilines is 2. The van der Waals surface area contributed by atoms with Gasteiger partial charge in [-0.05, 0) is 25.1 Å². The smallest absolute Gasteiger partial charge is 0.376 e. The number of benzene rings is 1. The molecule has 1 atom stereocenters. The van der Waals surface area contributed by atoms with Crippen molar-refractivity contribution in [2.45, 2.75) is 19.5 Å². The number of alkyl halides is 3. The molecule has 1 aromatic rings. The Morgan fingerprint density at radius 2 is 2.04 bits per heavy atom. The van der Waals surface area contributed by atoms with Crippen LogP contribution >= 0.6 is 0 Å². The summed E-state index contributed by atoms with van der Waals surface area (Å²) in [6.07, 6.45) is -4.41. The predicted octanol–water partition coefficient (Wildman–Crippen LogP) is 2.58. The molecular formula is C16H20F3N3O2.